The Kier molecular flexibility index (Phi) is 6.84. The van der Waals surface area contributed by atoms with Crippen molar-refractivity contribution in [3.63, 3.8) is 0 Å². The number of unbranched alkanes of at least 4 members (excludes halogenated alkanes) is 2. The van der Waals surface area contributed by atoms with Crippen LogP contribution in [0.4, 0.5) is 0 Å². The highest BCUT2D eigenvalue weighted by Crippen LogP contribution is 2.12. The van der Waals surface area contributed by atoms with Gasteiger partial charge in [-0.1, -0.05) is 20.3 Å². The molecule has 110 valence electrons. The van der Waals surface area contributed by atoms with Crippen LogP contribution in [0.25, 0.3) is 0 Å². The molecule has 3 N–H and O–H groups in total. The summed E-state index contributed by atoms with van der Waals surface area (Å²) >= 11 is 0. The van der Waals surface area contributed by atoms with Crippen LogP contribution in [0.5, 0.6) is 0 Å². The number of hydrogen-bond donors (Lipinski definition) is 2. The van der Waals surface area contributed by atoms with Crippen LogP contribution in [-0.2, 0) is 9.59 Å². The second-order valence-electron chi connectivity index (χ2n) is 5.76. The highest BCUT2D eigenvalue weighted by Gasteiger charge is 2.30. The molecule has 1 saturated heterocycles. The lowest BCUT2D eigenvalue weighted by atomic mass is 10.1. The van der Waals surface area contributed by atoms with E-state index < -0.39 is 0 Å². The lowest BCUT2D eigenvalue weighted by molar-refractivity contribution is -0.138. The van der Waals surface area contributed by atoms with Crippen LogP contribution in [0.15, 0.2) is 0 Å². The number of nitrogens with zero attached hydrogens (tertiary/aromatic N) is 1. The molecule has 0 spiro atoms. The second kappa shape index (κ2) is 8.15. The van der Waals surface area contributed by atoms with Crippen LogP contribution < -0.4 is 11.1 Å². The van der Waals surface area contributed by atoms with E-state index in [1.807, 2.05) is 18.7 Å². The lowest BCUT2D eigenvalue weighted by Crippen LogP contribution is -2.61. The molecule has 0 aromatic carbocycles. The Bertz CT molecular complexity index is 299. The molecule has 0 unspecified atom stereocenters. The first-order chi connectivity index (χ1) is 9.02. The molecule has 5 nitrogen and oxygen atoms in total. The molecule has 5 heteroatoms. The normalized spacial score (nSPS) is 15.5. The zero-order valence-electron chi connectivity index (χ0n) is 12.2. The minimum absolute atomic E-state index is 0.0926. The summed E-state index contributed by atoms with van der Waals surface area (Å²) in [5.74, 6) is 0.668. The van der Waals surface area contributed by atoms with E-state index in [0.29, 0.717) is 38.4 Å². The van der Waals surface area contributed by atoms with Crippen molar-refractivity contribution in [1.29, 1.82) is 0 Å². The topological polar surface area (TPSA) is 75.4 Å². The predicted octanol–water partition coefficient (Wildman–Crippen LogP) is 0.879. The van der Waals surface area contributed by atoms with Crippen molar-refractivity contribution in [2.24, 2.45) is 11.7 Å². The number of rotatable bonds is 8. The highest BCUT2D eigenvalue weighted by molar-refractivity contribution is 5.79. The zero-order chi connectivity index (χ0) is 14.3. The van der Waals surface area contributed by atoms with E-state index in [1.165, 1.54) is 0 Å². The molecule has 1 heterocycles. The average molecular weight is 269 g/mol. The van der Waals surface area contributed by atoms with Gasteiger partial charge in [-0.05, 0) is 25.3 Å². The van der Waals surface area contributed by atoms with Gasteiger partial charge in [-0.15, -0.1) is 0 Å². The number of hydrogen-bond acceptors (Lipinski definition) is 3. The first kappa shape index (κ1) is 16.0. The molecular formula is C14H27N3O2. The van der Waals surface area contributed by atoms with Crippen molar-refractivity contribution < 1.29 is 9.59 Å². The van der Waals surface area contributed by atoms with E-state index in [2.05, 4.69) is 5.32 Å². The van der Waals surface area contributed by atoms with Crippen LogP contribution in [0.1, 0.15) is 46.0 Å². The monoisotopic (exact) mass is 269 g/mol. The summed E-state index contributed by atoms with van der Waals surface area (Å²) in [6, 6.07) is 0.152. The molecule has 1 rings (SSSR count). The molecular weight excluding hydrogens is 242 g/mol. The van der Waals surface area contributed by atoms with Gasteiger partial charge in [0.1, 0.15) is 0 Å². The van der Waals surface area contributed by atoms with Gasteiger partial charge in [-0.25, -0.2) is 0 Å². The Morgan fingerprint density at radius 3 is 2.53 bits per heavy atom. The maximum Gasteiger partial charge on any atom is 0.222 e. The van der Waals surface area contributed by atoms with Crippen LogP contribution in [0, 0.1) is 5.92 Å². The van der Waals surface area contributed by atoms with Gasteiger partial charge in [0, 0.05) is 25.9 Å². The Labute approximate surface area is 115 Å². The molecule has 0 atom stereocenters. The summed E-state index contributed by atoms with van der Waals surface area (Å²) in [6.45, 7) is 6.08. The third-order valence-corrected chi connectivity index (χ3v) is 3.29. The van der Waals surface area contributed by atoms with Crippen molar-refractivity contribution >= 4 is 11.8 Å². The van der Waals surface area contributed by atoms with Crippen molar-refractivity contribution in [2.45, 2.75) is 52.0 Å². The van der Waals surface area contributed by atoms with Gasteiger partial charge < -0.3 is 16.0 Å². The van der Waals surface area contributed by atoms with Gasteiger partial charge in [0.25, 0.3) is 0 Å². The van der Waals surface area contributed by atoms with Crippen LogP contribution in [0.2, 0.25) is 0 Å². The van der Waals surface area contributed by atoms with Crippen LogP contribution >= 0.6 is 0 Å². The first-order valence-electron chi connectivity index (χ1n) is 7.30. The molecule has 1 aliphatic heterocycles. The zero-order valence-corrected chi connectivity index (χ0v) is 12.2. The largest absolute Gasteiger partial charge is 0.350 e. The van der Waals surface area contributed by atoms with E-state index in [1.54, 1.807) is 0 Å². The first-order valence-corrected chi connectivity index (χ1v) is 7.30. The predicted molar refractivity (Wildman–Crippen MR) is 75.5 cm³/mol. The quantitative estimate of drug-likeness (QED) is 0.642. The average Bonchev–Trinajstić information content (AvgIpc) is 2.27. The molecule has 2 amide bonds. The molecule has 1 aliphatic rings. The van der Waals surface area contributed by atoms with E-state index in [-0.39, 0.29) is 17.9 Å². The maximum atomic E-state index is 11.8. The molecule has 1 fully saturated rings. The standard InChI is InChI=1S/C14H27N3O2/c1-11(2)8-13(18)16-12-9-17(10-12)14(19)6-4-3-5-7-15/h11-12H,3-10,15H2,1-2H3,(H,16,18). The van der Waals surface area contributed by atoms with E-state index in [4.69, 9.17) is 5.73 Å². The molecule has 19 heavy (non-hydrogen) atoms. The van der Waals surface area contributed by atoms with Crippen molar-refractivity contribution in [3.05, 3.63) is 0 Å². The maximum absolute atomic E-state index is 11.8. The molecule has 0 bridgehead atoms. The van der Waals surface area contributed by atoms with E-state index in [9.17, 15) is 9.59 Å². The molecule has 0 aromatic heterocycles. The summed E-state index contributed by atoms with van der Waals surface area (Å²) in [5, 5.41) is 2.96. The molecule has 0 aromatic rings. The minimum Gasteiger partial charge on any atom is -0.350 e. The summed E-state index contributed by atoms with van der Waals surface area (Å²) in [6.07, 6.45) is 4.08. The van der Waals surface area contributed by atoms with Crippen molar-refractivity contribution in [1.82, 2.24) is 10.2 Å². The Morgan fingerprint density at radius 1 is 1.26 bits per heavy atom. The summed E-state index contributed by atoms with van der Waals surface area (Å²) in [4.78, 5) is 25.2. The van der Waals surface area contributed by atoms with Crippen LogP contribution in [0.3, 0.4) is 0 Å². The summed E-state index contributed by atoms with van der Waals surface area (Å²) in [5.41, 5.74) is 5.41. The van der Waals surface area contributed by atoms with Gasteiger partial charge >= 0.3 is 0 Å². The number of amides is 2. The lowest BCUT2D eigenvalue weighted by Gasteiger charge is -2.39. The van der Waals surface area contributed by atoms with Gasteiger partial charge in [0.05, 0.1) is 6.04 Å². The van der Waals surface area contributed by atoms with Crippen molar-refractivity contribution in [3.8, 4) is 0 Å². The van der Waals surface area contributed by atoms with Gasteiger partial charge in [-0.3, -0.25) is 9.59 Å². The Morgan fingerprint density at radius 2 is 1.95 bits per heavy atom. The van der Waals surface area contributed by atoms with Gasteiger partial charge in [0.15, 0.2) is 0 Å². The third-order valence-electron chi connectivity index (χ3n) is 3.29. The highest BCUT2D eigenvalue weighted by atomic mass is 16.2. The van der Waals surface area contributed by atoms with Gasteiger partial charge in [-0.2, -0.15) is 0 Å². The molecule has 0 aliphatic carbocycles. The SMILES string of the molecule is CC(C)CC(=O)NC1CN(C(=O)CCCCCN)C1. The van der Waals surface area contributed by atoms with E-state index >= 15 is 0 Å². The second-order valence-corrected chi connectivity index (χ2v) is 5.76. The van der Waals surface area contributed by atoms with Crippen molar-refractivity contribution in [2.75, 3.05) is 19.6 Å². The number of carbonyl (C=O) groups excluding carboxylic acids is 2. The Hall–Kier alpha value is -1.10. The van der Waals surface area contributed by atoms with Crippen LogP contribution in [-0.4, -0.2) is 42.4 Å². The smallest absolute Gasteiger partial charge is 0.222 e. The minimum atomic E-state index is 0.0926. The molecule has 0 radical (unpaired) electrons. The molecule has 0 saturated carbocycles. The Balaban J connectivity index is 2.08. The van der Waals surface area contributed by atoms with Gasteiger partial charge in [0.2, 0.25) is 11.8 Å². The summed E-state index contributed by atoms with van der Waals surface area (Å²) < 4.78 is 0. The third kappa shape index (κ3) is 6.05. The fraction of sp³-hybridized carbons (Fsp3) is 0.857. The number of nitrogens with one attached hydrogen (secondary N) is 1. The number of nitrogens with two attached hydrogens (primary N) is 1. The number of likely N-dealkylation sites (tertiary alicyclic amines) is 1. The fourth-order valence-electron chi connectivity index (χ4n) is 2.19. The number of carbonyl (C=O) groups is 2. The summed E-state index contributed by atoms with van der Waals surface area (Å²) in [7, 11) is 0. The fourth-order valence-corrected chi connectivity index (χ4v) is 2.19. The van der Waals surface area contributed by atoms with E-state index in [0.717, 1.165) is 19.3 Å².